The fourth-order valence-corrected chi connectivity index (χ4v) is 4.75. The first-order valence-electron chi connectivity index (χ1n) is 13.4. The van der Waals surface area contributed by atoms with Gasteiger partial charge in [-0.15, -0.1) is 0 Å². The number of rotatable bonds is 7. The lowest BCUT2D eigenvalue weighted by atomic mass is 10.1. The van der Waals surface area contributed by atoms with E-state index in [1.54, 1.807) is 6.20 Å². The number of hydrogen-bond acceptors (Lipinski definition) is 7. The van der Waals surface area contributed by atoms with E-state index in [0.29, 0.717) is 19.0 Å². The van der Waals surface area contributed by atoms with Gasteiger partial charge in [-0.1, -0.05) is 29.8 Å². The Morgan fingerprint density at radius 3 is 2.21 bits per heavy atom. The number of epoxide rings is 1. The molecule has 0 radical (unpaired) electrons. The number of nitrogens with one attached hydrogen (secondary N) is 2. The normalized spacial score (nSPS) is 18.5. The summed E-state index contributed by atoms with van der Waals surface area (Å²) >= 11 is 0. The molecule has 2 N–H and O–H groups in total. The van der Waals surface area contributed by atoms with Gasteiger partial charge in [-0.05, 0) is 68.4 Å². The first-order chi connectivity index (χ1) is 19.0. The van der Waals surface area contributed by atoms with Crippen molar-refractivity contribution in [1.82, 2.24) is 14.9 Å². The second-order valence-corrected chi connectivity index (χ2v) is 10.1. The quantitative estimate of drug-likeness (QED) is 0.319. The summed E-state index contributed by atoms with van der Waals surface area (Å²) in [5.74, 6) is 0.650. The topological polar surface area (TPSA) is 85.9 Å². The zero-order chi connectivity index (χ0) is 26.8. The maximum absolute atomic E-state index is 12.8. The highest BCUT2D eigenvalue weighted by atomic mass is 16.6. The van der Waals surface area contributed by atoms with Crippen molar-refractivity contribution in [3.63, 3.8) is 0 Å². The molecular formula is C31H32N6O2. The van der Waals surface area contributed by atoms with Gasteiger partial charge in [0, 0.05) is 60.6 Å². The van der Waals surface area contributed by atoms with E-state index in [-0.39, 0.29) is 18.2 Å². The van der Waals surface area contributed by atoms with Crippen LogP contribution in [0.15, 0.2) is 85.1 Å². The summed E-state index contributed by atoms with van der Waals surface area (Å²) in [4.78, 5) is 26.2. The number of benzene rings is 3. The van der Waals surface area contributed by atoms with Crippen molar-refractivity contribution in [3.05, 3.63) is 96.2 Å². The van der Waals surface area contributed by atoms with E-state index in [1.807, 2.05) is 85.5 Å². The molecule has 2 aliphatic heterocycles. The molecule has 2 atom stereocenters. The van der Waals surface area contributed by atoms with E-state index in [2.05, 4.69) is 32.7 Å². The molecule has 6 rings (SSSR count). The molecule has 0 spiro atoms. The molecule has 1 amide bonds. The number of aromatic nitrogens is 2. The van der Waals surface area contributed by atoms with E-state index in [9.17, 15) is 4.79 Å². The molecule has 3 heterocycles. The predicted molar refractivity (Wildman–Crippen MR) is 154 cm³/mol. The minimum Gasteiger partial charge on any atom is -0.368 e. The monoisotopic (exact) mass is 520 g/mol. The van der Waals surface area contributed by atoms with Gasteiger partial charge in [-0.2, -0.15) is 0 Å². The zero-order valence-corrected chi connectivity index (χ0v) is 22.2. The van der Waals surface area contributed by atoms with Crippen LogP contribution in [0.4, 0.5) is 23.0 Å². The Hall–Kier alpha value is -4.43. The lowest BCUT2D eigenvalue weighted by molar-refractivity contribution is 0.0747. The molecule has 2 saturated heterocycles. The van der Waals surface area contributed by atoms with Crippen molar-refractivity contribution >= 4 is 28.9 Å². The largest absolute Gasteiger partial charge is 0.368 e. The smallest absolute Gasteiger partial charge is 0.253 e. The number of amides is 1. The number of ether oxygens (including phenoxy) is 1. The lowest BCUT2D eigenvalue weighted by Gasteiger charge is -2.36. The minimum absolute atomic E-state index is 0.103. The lowest BCUT2D eigenvalue weighted by Crippen LogP contribution is -2.48. The minimum atomic E-state index is 0.103. The van der Waals surface area contributed by atoms with Gasteiger partial charge in [0.05, 0.1) is 5.69 Å². The summed E-state index contributed by atoms with van der Waals surface area (Å²) in [6, 6.07) is 26.1. The van der Waals surface area contributed by atoms with Crippen LogP contribution in [-0.4, -0.2) is 59.3 Å². The van der Waals surface area contributed by atoms with Crippen LogP contribution in [-0.2, 0) is 4.74 Å². The highest BCUT2D eigenvalue weighted by Gasteiger charge is 2.33. The molecule has 8 heteroatoms. The second kappa shape index (κ2) is 10.7. The Labute approximate surface area is 228 Å². The third-order valence-corrected chi connectivity index (χ3v) is 7.21. The predicted octanol–water partition coefficient (Wildman–Crippen LogP) is 5.31. The van der Waals surface area contributed by atoms with Gasteiger partial charge in [-0.3, -0.25) is 4.79 Å². The first-order valence-corrected chi connectivity index (χ1v) is 13.4. The van der Waals surface area contributed by atoms with Crippen LogP contribution in [0.1, 0.15) is 22.8 Å². The van der Waals surface area contributed by atoms with E-state index in [0.717, 1.165) is 52.5 Å². The van der Waals surface area contributed by atoms with Gasteiger partial charge >= 0.3 is 0 Å². The van der Waals surface area contributed by atoms with Gasteiger partial charge in [0.1, 0.15) is 6.10 Å². The van der Waals surface area contributed by atoms with Gasteiger partial charge in [-0.25, -0.2) is 9.97 Å². The summed E-state index contributed by atoms with van der Waals surface area (Å²) < 4.78 is 5.42. The average Bonchev–Trinajstić information content (AvgIpc) is 3.68. The molecule has 1 aromatic heterocycles. The molecule has 2 unspecified atom stereocenters. The van der Waals surface area contributed by atoms with E-state index in [4.69, 9.17) is 9.72 Å². The molecule has 8 nitrogen and oxygen atoms in total. The SMILES string of the molecule is Cc1ccc(C(=O)N2CCN(c3ccc(Nc4nccc(-c5ccc(NC6OC6C)cc5)n4)cc3)CC2)cc1. The fraction of sp³-hybridized carbons (Fsp3) is 0.258. The number of piperazine rings is 1. The number of anilines is 4. The highest BCUT2D eigenvalue weighted by Crippen LogP contribution is 2.26. The maximum atomic E-state index is 12.8. The van der Waals surface area contributed by atoms with Crippen LogP contribution < -0.4 is 15.5 Å². The van der Waals surface area contributed by atoms with Crippen molar-refractivity contribution < 1.29 is 9.53 Å². The summed E-state index contributed by atoms with van der Waals surface area (Å²) in [6.07, 6.45) is 2.14. The number of nitrogens with zero attached hydrogens (tertiary/aromatic N) is 4. The molecule has 0 bridgehead atoms. The molecule has 3 aromatic carbocycles. The summed E-state index contributed by atoms with van der Waals surface area (Å²) in [7, 11) is 0. The summed E-state index contributed by atoms with van der Waals surface area (Å²) in [5.41, 5.74) is 6.87. The second-order valence-electron chi connectivity index (χ2n) is 10.1. The standard InChI is InChI=1S/C31H32N6O2/c1-21-3-5-24(6-4-21)30(38)37-19-17-36(18-20-37)27-13-11-26(12-14-27)34-31-32-16-15-28(35-31)23-7-9-25(10-8-23)33-29-22(2)39-29/h3-16,22,29,33H,17-20H2,1-2H3,(H,32,34,35). The average molecular weight is 521 g/mol. The van der Waals surface area contributed by atoms with Crippen molar-refractivity contribution in [2.75, 3.05) is 41.7 Å². The Bertz CT molecular complexity index is 1430. The van der Waals surface area contributed by atoms with Crippen molar-refractivity contribution in [3.8, 4) is 11.3 Å². The molecule has 39 heavy (non-hydrogen) atoms. The van der Waals surface area contributed by atoms with E-state index in [1.165, 1.54) is 0 Å². The molecule has 4 aromatic rings. The van der Waals surface area contributed by atoms with Crippen LogP contribution in [0.3, 0.4) is 0 Å². The van der Waals surface area contributed by atoms with Crippen LogP contribution in [0.5, 0.6) is 0 Å². The van der Waals surface area contributed by atoms with E-state index >= 15 is 0 Å². The van der Waals surface area contributed by atoms with Crippen molar-refractivity contribution in [1.29, 1.82) is 0 Å². The van der Waals surface area contributed by atoms with Crippen LogP contribution in [0.2, 0.25) is 0 Å². The van der Waals surface area contributed by atoms with Gasteiger partial charge in [0.2, 0.25) is 5.95 Å². The van der Waals surface area contributed by atoms with Crippen molar-refractivity contribution in [2.24, 2.45) is 0 Å². The number of hydrogen-bond donors (Lipinski definition) is 2. The molecule has 198 valence electrons. The fourth-order valence-electron chi connectivity index (χ4n) is 4.75. The molecular weight excluding hydrogens is 488 g/mol. The van der Waals surface area contributed by atoms with Crippen LogP contribution in [0.25, 0.3) is 11.3 Å². The molecule has 2 aliphatic rings. The third kappa shape index (κ3) is 5.86. The van der Waals surface area contributed by atoms with Crippen molar-refractivity contribution in [2.45, 2.75) is 26.2 Å². The van der Waals surface area contributed by atoms with Gasteiger partial charge < -0.3 is 25.2 Å². The Balaban J connectivity index is 1.04. The summed E-state index contributed by atoms with van der Waals surface area (Å²) in [6.45, 7) is 7.10. The molecule has 2 fully saturated rings. The summed E-state index contributed by atoms with van der Waals surface area (Å²) in [5, 5.41) is 6.66. The maximum Gasteiger partial charge on any atom is 0.253 e. The van der Waals surface area contributed by atoms with Crippen LogP contribution >= 0.6 is 0 Å². The number of aryl methyl sites for hydroxylation is 1. The Morgan fingerprint density at radius 2 is 1.54 bits per heavy atom. The van der Waals surface area contributed by atoms with Crippen LogP contribution in [0, 0.1) is 6.92 Å². The zero-order valence-electron chi connectivity index (χ0n) is 22.2. The molecule has 0 saturated carbocycles. The van der Waals surface area contributed by atoms with Gasteiger partial charge in [0.25, 0.3) is 5.91 Å². The van der Waals surface area contributed by atoms with E-state index < -0.39 is 0 Å². The highest BCUT2D eigenvalue weighted by molar-refractivity contribution is 5.94. The number of carbonyl (C=O) groups is 1. The number of carbonyl (C=O) groups excluding carboxylic acids is 1. The first kappa shape index (κ1) is 24.9. The Kier molecular flexibility index (Phi) is 6.85. The third-order valence-electron chi connectivity index (χ3n) is 7.21. The van der Waals surface area contributed by atoms with Gasteiger partial charge in [0.15, 0.2) is 6.23 Å². The molecule has 0 aliphatic carbocycles. The Morgan fingerprint density at radius 1 is 0.872 bits per heavy atom.